The van der Waals surface area contributed by atoms with E-state index in [1.54, 1.807) is 42.5 Å². The molecule has 1 heterocycles. The van der Waals surface area contributed by atoms with E-state index in [4.69, 9.17) is 27.9 Å². The summed E-state index contributed by atoms with van der Waals surface area (Å²) in [4.78, 5) is 14.7. The zero-order valence-corrected chi connectivity index (χ0v) is 23.3. The fraction of sp³-hybridized carbons (Fsp3) is 0.269. The summed E-state index contributed by atoms with van der Waals surface area (Å²) in [6, 6.07) is 20.3. The number of amides is 2. The molecule has 2 amide bonds. The second-order valence-corrected chi connectivity index (χ2v) is 11.2. The maximum Gasteiger partial charge on any atom is 0.315 e. The molecule has 1 fully saturated rings. The maximum absolute atomic E-state index is 12.6. The van der Waals surface area contributed by atoms with E-state index in [1.807, 2.05) is 18.2 Å². The van der Waals surface area contributed by atoms with Gasteiger partial charge in [0.05, 0.1) is 27.7 Å². The van der Waals surface area contributed by atoms with Crippen LogP contribution in [-0.2, 0) is 27.8 Å². The van der Waals surface area contributed by atoms with Crippen molar-refractivity contribution in [1.29, 1.82) is 0 Å². The summed E-state index contributed by atoms with van der Waals surface area (Å²) in [5.74, 6) is 0. The first kappa shape index (κ1) is 32.3. The molecule has 0 unspecified atom stereocenters. The maximum atomic E-state index is 12.6. The first-order valence-electron chi connectivity index (χ1n) is 11.7. The Balaban J connectivity index is 0.00000267. The average Bonchev–Trinajstić information content (AvgIpc) is 2.89. The van der Waals surface area contributed by atoms with Crippen LogP contribution in [0.5, 0.6) is 0 Å². The minimum atomic E-state index is -3.69. The highest BCUT2D eigenvalue weighted by molar-refractivity contribution is 7.92. The molecule has 10 nitrogen and oxygen atoms in total. The molecule has 3 aromatic carbocycles. The molecule has 13 heteroatoms. The number of para-hydroxylation sites is 1. The SMILES string of the molecule is O.O.O=C(NCc1ccc(S(=O)(=O)Nc2ccccc2)cc1)NC[C@H]1CN(Cc2ccc(Cl)c(Cl)c2)CCO1. The third kappa shape index (κ3) is 9.66. The Morgan fingerprint density at radius 2 is 1.62 bits per heavy atom. The summed E-state index contributed by atoms with van der Waals surface area (Å²) in [7, 11) is -3.69. The van der Waals surface area contributed by atoms with Crippen molar-refractivity contribution in [3.05, 3.63) is 94.0 Å². The third-order valence-corrected chi connectivity index (χ3v) is 7.95. The second kappa shape index (κ2) is 15.0. The van der Waals surface area contributed by atoms with Crippen LogP contribution in [0.2, 0.25) is 10.0 Å². The summed E-state index contributed by atoms with van der Waals surface area (Å²) in [5.41, 5.74) is 2.33. The molecular weight excluding hydrogens is 567 g/mol. The van der Waals surface area contributed by atoms with E-state index >= 15 is 0 Å². The highest BCUT2D eigenvalue weighted by Crippen LogP contribution is 2.23. The van der Waals surface area contributed by atoms with Crippen molar-refractivity contribution in [3.8, 4) is 0 Å². The number of carbonyl (C=O) groups excluding carboxylic acids is 1. The van der Waals surface area contributed by atoms with Gasteiger partial charge in [0.2, 0.25) is 0 Å². The molecule has 7 N–H and O–H groups in total. The molecule has 1 atom stereocenters. The van der Waals surface area contributed by atoms with Crippen LogP contribution in [0.25, 0.3) is 0 Å². The fourth-order valence-electron chi connectivity index (χ4n) is 3.90. The largest absolute Gasteiger partial charge is 0.412 e. The van der Waals surface area contributed by atoms with E-state index in [9.17, 15) is 13.2 Å². The van der Waals surface area contributed by atoms with E-state index in [0.29, 0.717) is 35.4 Å². The molecule has 0 aromatic heterocycles. The second-order valence-electron chi connectivity index (χ2n) is 8.66. The highest BCUT2D eigenvalue weighted by Gasteiger charge is 2.21. The topological polar surface area (TPSA) is 163 Å². The van der Waals surface area contributed by atoms with Gasteiger partial charge in [0.15, 0.2) is 0 Å². The van der Waals surface area contributed by atoms with E-state index in [1.165, 1.54) is 12.1 Å². The lowest BCUT2D eigenvalue weighted by Crippen LogP contribution is -2.48. The Bertz CT molecular complexity index is 1310. The first-order valence-corrected chi connectivity index (χ1v) is 14.0. The zero-order valence-electron chi connectivity index (χ0n) is 21.0. The quantitative estimate of drug-likeness (QED) is 0.344. The smallest absolute Gasteiger partial charge is 0.315 e. The third-order valence-electron chi connectivity index (χ3n) is 5.82. The van der Waals surface area contributed by atoms with E-state index in [-0.39, 0.29) is 34.5 Å². The summed E-state index contributed by atoms with van der Waals surface area (Å²) in [5, 5.41) is 6.69. The first-order chi connectivity index (χ1) is 17.8. The van der Waals surface area contributed by atoms with Crippen LogP contribution in [0.1, 0.15) is 11.1 Å². The fourth-order valence-corrected chi connectivity index (χ4v) is 5.28. The number of morpholine rings is 1. The molecule has 1 aliphatic heterocycles. The molecule has 4 rings (SSSR count). The van der Waals surface area contributed by atoms with Crippen LogP contribution in [0.15, 0.2) is 77.7 Å². The number of sulfonamides is 1. The zero-order chi connectivity index (χ0) is 26.3. The average molecular weight is 600 g/mol. The minimum Gasteiger partial charge on any atom is -0.412 e. The standard InChI is InChI=1S/C26H28Cl2N4O4S.2H2O/c27-24-11-8-20(14-25(24)28)17-32-12-13-36-22(18-32)16-30-26(33)29-15-19-6-9-23(10-7-19)37(34,35)31-21-4-2-1-3-5-21;;/h1-11,14,22,31H,12-13,15-18H2,(H2,29,30,33);2*1H2/t22-;;/m0../s1. The van der Waals surface area contributed by atoms with Gasteiger partial charge < -0.3 is 26.3 Å². The normalized spacial score (nSPS) is 15.4. The number of halogens is 2. The molecule has 0 saturated carbocycles. The predicted molar refractivity (Wildman–Crippen MR) is 153 cm³/mol. The van der Waals surface area contributed by atoms with Gasteiger partial charge in [0.1, 0.15) is 0 Å². The van der Waals surface area contributed by atoms with Gasteiger partial charge in [-0.25, -0.2) is 13.2 Å². The van der Waals surface area contributed by atoms with E-state index < -0.39 is 10.0 Å². The van der Waals surface area contributed by atoms with Gasteiger partial charge in [-0.15, -0.1) is 0 Å². The van der Waals surface area contributed by atoms with Crippen molar-refractivity contribution in [2.24, 2.45) is 0 Å². The molecule has 1 saturated heterocycles. The number of hydrogen-bond donors (Lipinski definition) is 3. The molecule has 0 radical (unpaired) electrons. The minimum absolute atomic E-state index is 0. The number of hydrogen-bond acceptors (Lipinski definition) is 5. The van der Waals surface area contributed by atoms with Crippen molar-refractivity contribution >= 4 is 44.9 Å². The van der Waals surface area contributed by atoms with Crippen molar-refractivity contribution in [3.63, 3.8) is 0 Å². The van der Waals surface area contributed by atoms with Crippen molar-refractivity contribution in [2.75, 3.05) is 31.0 Å². The van der Waals surface area contributed by atoms with Crippen LogP contribution < -0.4 is 15.4 Å². The van der Waals surface area contributed by atoms with Crippen LogP contribution in [0.3, 0.4) is 0 Å². The molecule has 1 aliphatic rings. The molecule has 0 spiro atoms. The predicted octanol–water partition coefficient (Wildman–Crippen LogP) is 2.85. The number of urea groups is 1. The molecule has 212 valence electrons. The van der Waals surface area contributed by atoms with Crippen LogP contribution in [0.4, 0.5) is 10.5 Å². The number of ether oxygens (including phenoxy) is 1. The number of carbonyl (C=O) groups is 1. The van der Waals surface area contributed by atoms with Crippen molar-refractivity contribution < 1.29 is 28.9 Å². The number of benzene rings is 3. The Kier molecular flexibility index (Phi) is 12.5. The van der Waals surface area contributed by atoms with Crippen molar-refractivity contribution in [1.82, 2.24) is 15.5 Å². The monoisotopic (exact) mass is 598 g/mol. The Morgan fingerprint density at radius 3 is 2.31 bits per heavy atom. The number of nitrogens with zero attached hydrogens (tertiary/aromatic N) is 1. The highest BCUT2D eigenvalue weighted by atomic mass is 35.5. The van der Waals surface area contributed by atoms with Gasteiger partial charge in [-0.3, -0.25) is 9.62 Å². The Labute approximate surface area is 237 Å². The number of anilines is 1. The summed E-state index contributed by atoms with van der Waals surface area (Å²) >= 11 is 12.1. The van der Waals surface area contributed by atoms with Gasteiger partial charge in [-0.1, -0.05) is 59.6 Å². The van der Waals surface area contributed by atoms with E-state index in [2.05, 4.69) is 20.3 Å². The molecule has 39 heavy (non-hydrogen) atoms. The molecule has 0 aliphatic carbocycles. The van der Waals surface area contributed by atoms with Gasteiger partial charge in [0.25, 0.3) is 10.0 Å². The lowest BCUT2D eigenvalue weighted by molar-refractivity contribution is -0.0287. The van der Waals surface area contributed by atoms with E-state index in [0.717, 1.165) is 24.2 Å². The Morgan fingerprint density at radius 1 is 0.923 bits per heavy atom. The lowest BCUT2D eigenvalue weighted by atomic mass is 10.2. The van der Waals surface area contributed by atoms with Crippen LogP contribution in [-0.4, -0.2) is 62.6 Å². The van der Waals surface area contributed by atoms with Gasteiger partial charge in [-0.2, -0.15) is 0 Å². The lowest BCUT2D eigenvalue weighted by Gasteiger charge is -2.33. The molecule has 3 aromatic rings. The van der Waals surface area contributed by atoms with Gasteiger partial charge in [0, 0.05) is 38.4 Å². The summed E-state index contributed by atoms with van der Waals surface area (Å²) in [6.07, 6.45) is -0.135. The summed E-state index contributed by atoms with van der Waals surface area (Å²) < 4.78 is 33.4. The molecule has 0 bridgehead atoms. The number of nitrogens with one attached hydrogen (secondary N) is 3. The van der Waals surface area contributed by atoms with Gasteiger partial charge in [-0.05, 0) is 47.5 Å². The molecular formula is C26H32Cl2N4O6S. The summed E-state index contributed by atoms with van der Waals surface area (Å²) in [6.45, 7) is 3.38. The van der Waals surface area contributed by atoms with Gasteiger partial charge >= 0.3 is 6.03 Å². The Hall–Kier alpha value is -2.90. The number of rotatable bonds is 9. The van der Waals surface area contributed by atoms with Crippen LogP contribution in [0, 0.1) is 0 Å². The van der Waals surface area contributed by atoms with Crippen LogP contribution >= 0.6 is 23.2 Å². The van der Waals surface area contributed by atoms with Crippen molar-refractivity contribution in [2.45, 2.75) is 24.1 Å².